The third-order valence-corrected chi connectivity index (χ3v) is 6.58. The highest BCUT2D eigenvalue weighted by atomic mass is 33.1. The van der Waals surface area contributed by atoms with Crippen molar-refractivity contribution >= 4 is 45.7 Å². The van der Waals surface area contributed by atoms with Crippen molar-refractivity contribution in [2.45, 2.75) is 25.3 Å². The van der Waals surface area contributed by atoms with Crippen LogP contribution in [0.4, 0.5) is 9.59 Å². The number of hydrogen-bond acceptors (Lipinski definition) is 8. The Morgan fingerprint density at radius 2 is 1.03 bits per heavy atom. The van der Waals surface area contributed by atoms with Gasteiger partial charge in [-0.05, 0) is 11.1 Å². The molecule has 4 N–H and O–H groups in total. The van der Waals surface area contributed by atoms with E-state index in [4.69, 9.17) is 9.47 Å². The normalized spacial score (nSPS) is 12.1. The number of ether oxygens (including phenoxy) is 2. The van der Waals surface area contributed by atoms with Gasteiger partial charge in [-0.15, -0.1) is 0 Å². The Labute approximate surface area is 203 Å². The molecule has 2 atom stereocenters. The molecule has 10 nitrogen and oxygen atoms in total. The van der Waals surface area contributed by atoms with Gasteiger partial charge in [0.25, 0.3) is 0 Å². The molecule has 0 aliphatic carbocycles. The Kier molecular flexibility index (Phi) is 11.6. The molecule has 0 aliphatic heterocycles. The average Bonchev–Trinajstić information content (AvgIpc) is 2.83. The summed E-state index contributed by atoms with van der Waals surface area (Å²) in [5.74, 6) is -2.62. The molecule has 2 amide bonds. The Hall–Kier alpha value is -3.38. The maximum atomic E-state index is 11.9. The fraction of sp³-hybridized carbons (Fsp3) is 0.273. The van der Waals surface area contributed by atoms with Crippen molar-refractivity contribution in [3.63, 3.8) is 0 Å². The standard InChI is InChI=1S/C22H24N2O8S2/c25-19(26)17(23-21(29)31-11-15-7-3-1-4-8-15)13-33-34-14-18(20(27)28)24-22(30)32-12-16-9-5-2-6-10-16/h1-10,17-18H,11-14H2,(H,23,29)(H,24,30)(H,25,26)(H,27,28)/t17-,18-/m0/s1. The van der Waals surface area contributed by atoms with E-state index in [1.807, 2.05) is 12.1 Å². The summed E-state index contributed by atoms with van der Waals surface area (Å²) in [6.07, 6.45) is -1.76. The molecule has 0 spiro atoms. The van der Waals surface area contributed by atoms with Crippen molar-refractivity contribution in [1.29, 1.82) is 0 Å². The number of hydrogen-bond donors (Lipinski definition) is 4. The largest absolute Gasteiger partial charge is 0.480 e. The number of alkyl carbamates (subject to hydrolysis) is 2. The predicted octanol–water partition coefficient (Wildman–Crippen LogP) is 3.13. The van der Waals surface area contributed by atoms with Crippen LogP contribution < -0.4 is 10.6 Å². The zero-order chi connectivity index (χ0) is 24.8. The Morgan fingerprint density at radius 1 is 0.676 bits per heavy atom. The van der Waals surface area contributed by atoms with Crippen molar-refractivity contribution in [2.75, 3.05) is 11.5 Å². The molecule has 0 radical (unpaired) electrons. The monoisotopic (exact) mass is 508 g/mol. The number of carboxylic acid groups (broad SMARTS) is 2. The van der Waals surface area contributed by atoms with Crippen LogP contribution in [-0.4, -0.2) is 57.9 Å². The van der Waals surface area contributed by atoms with Gasteiger partial charge in [0.1, 0.15) is 25.3 Å². The Morgan fingerprint density at radius 3 is 1.35 bits per heavy atom. The van der Waals surface area contributed by atoms with Crippen LogP contribution in [0.2, 0.25) is 0 Å². The SMILES string of the molecule is O=C(N[C@@H](CSSC[C@H](NC(=O)OCc1ccccc1)C(=O)O)C(=O)O)OCc1ccccc1. The molecule has 0 aromatic heterocycles. The van der Waals surface area contributed by atoms with Crippen LogP contribution in [0, 0.1) is 0 Å². The molecule has 0 bridgehead atoms. The van der Waals surface area contributed by atoms with Crippen molar-refractivity contribution in [1.82, 2.24) is 10.6 Å². The van der Waals surface area contributed by atoms with E-state index in [1.54, 1.807) is 48.5 Å². The van der Waals surface area contributed by atoms with E-state index < -0.39 is 36.2 Å². The van der Waals surface area contributed by atoms with E-state index in [0.717, 1.165) is 32.7 Å². The minimum Gasteiger partial charge on any atom is -0.480 e. The highest BCUT2D eigenvalue weighted by Gasteiger charge is 2.24. The van der Waals surface area contributed by atoms with E-state index in [-0.39, 0.29) is 24.7 Å². The number of benzene rings is 2. The minimum absolute atomic E-state index is 0.00671. The topological polar surface area (TPSA) is 151 Å². The van der Waals surface area contributed by atoms with Crippen LogP contribution in [0.25, 0.3) is 0 Å². The van der Waals surface area contributed by atoms with E-state index in [0.29, 0.717) is 0 Å². The lowest BCUT2D eigenvalue weighted by atomic mass is 10.2. The quantitative estimate of drug-likeness (QED) is 0.235. The summed E-state index contributed by atoms with van der Waals surface area (Å²) in [4.78, 5) is 46.6. The summed E-state index contributed by atoms with van der Waals surface area (Å²) in [5, 5.41) is 23.2. The molecule has 12 heteroatoms. The second-order valence-corrected chi connectivity index (χ2v) is 9.32. The molecule has 2 aromatic carbocycles. The highest BCUT2D eigenvalue weighted by Crippen LogP contribution is 2.23. The molecule has 0 fully saturated rings. The highest BCUT2D eigenvalue weighted by molar-refractivity contribution is 8.76. The summed E-state index contributed by atoms with van der Waals surface area (Å²) in [7, 11) is 2.08. The van der Waals surface area contributed by atoms with Crippen LogP contribution in [0.5, 0.6) is 0 Å². The maximum Gasteiger partial charge on any atom is 0.408 e. The molecule has 34 heavy (non-hydrogen) atoms. The first-order chi connectivity index (χ1) is 16.3. The number of nitrogens with one attached hydrogen (secondary N) is 2. The van der Waals surface area contributed by atoms with E-state index in [1.165, 1.54) is 0 Å². The third kappa shape index (κ3) is 10.5. The molecule has 2 aromatic rings. The zero-order valence-electron chi connectivity index (χ0n) is 17.9. The van der Waals surface area contributed by atoms with Crippen LogP contribution in [-0.2, 0) is 32.3 Å². The fourth-order valence-electron chi connectivity index (χ4n) is 2.40. The molecule has 2 rings (SSSR count). The molecule has 0 aliphatic rings. The first-order valence-corrected chi connectivity index (χ1v) is 12.5. The van der Waals surface area contributed by atoms with E-state index in [9.17, 15) is 29.4 Å². The molecule has 182 valence electrons. The number of rotatable bonds is 13. The van der Waals surface area contributed by atoms with Gasteiger partial charge in [0.2, 0.25) is 0 Å². The lowest BCUT2D eigenvalue weighted by Gasteiger charge is -2.16. The van der Waals surface area contributed by atoms with Gasteiger partial charge in [0.05, 0.1) is 0 Å². The van der Waals surface area contributed by atoms with Gasteiger partial charge < -0.3 is 30.3 Å². The van der Waals surface area contributed by atoms with Crippen LogP contribution in [0.3, 0.4) is 0 Å². The van der Waals surface area contributed by atoms with Gasteiger partial charge in [-0.1, -0.05) is 82.3 Å². The Bertz CT molecular complexity index is 869. The summed E-state index contributed by atoms with van der Waals surface area (Å²) < 4.78 is 10.0. The van der Waals surface area contributed by atoms with Gasteiger partial charge in [0.15, 0.2) is 0 Å². The van der Waals surface area contributed by atoms with Gasteiger partial charge in [0, 0.05) is 11.5 Å². The maximum absolute atomic E-state index is 11.9. The molecule has 0 saturated heterocycles. The third-order valence-electron chi connectivity index (χ3n) is 4.16. The van der Waals surface area contributed by atoms with Gasteiger partial charge >= 0.3 is 24.1 Å². The van der Waals surface area contributed by atoms with E-state index >= 15 is 0 Å². The first kappa shape index (κ1) is 26.9. The van der Waals surface area contributed by atoms with Crippen molar-refractivity contribution in [3.8, 4) is 0 Å². The second-order valence-electron chi connectivity index (χ2n) is 6.76. The van der Waals surface area contributed by atoms with Gasteiger partial charge in [-0.2, -0.15) is 0 Å². The second kappa shape index (κ2) is 14.7. The molecule has 0 saturated carbocycles. The van der Waals surface area contributed by atoms with E-state index in [2.05, 4.69) is 10.6 Å². The van der Waals surface area contributed by atoms with Gasteiger partial charge in [-0.3, -0.25) is 0 Å². The van der Waals surface area contributed by atoms with Crippen molar-refractivity contribution in [2.24, 2.45) is 0 Å². The lowest BCUT2D eigenvalue weighted by molar-refractivity contribution is -0.139. The van der Waals surface area contributed by atoms with Crippen molar-refractivity contribution < 1.29 is 38.9 Å². The average molecular weight is 509 g/mol. The number of carbonyl (C=O) groups is 4. The predicted molar refractivity (Wildman–Crippen MR) is 127 cm³/mol. The molecule has 0 unspecified atom stereocenters. The number of carbonyl (C=O) groups excluding carboxylic acids is 2. The summed E-state index contributed by atoms with van der Waals surface area (Å²) in [6.45, 7) is -0.0134. The first-order valence-electron chi connectivity index (χ1n) is 9.99. The van der Waals surface area contributed by atoms with Crippen molar-refractivity contribution in [3.05, 3.63) is 71.8 Å². The Balaban J connectivity index is 1.71. The number of amides is 2. The van der Waals surface area contributed by atoms with Crippen LogP contribution in [0.1, 0.15) is 11.1 Å². The summed E-state index contributed by atoms with van der Waals surface area (Å²) in [5.41, 5.74) is 1.51. The minimum atomic E-state index is -1.26. The van der Waals surface area contributed by atoms with Gasteiger partial charge in [-0.25, -0.2) is 19.2 Å². The summed E-state index contributed by atoms with van der Waals surface area (Å²) in [6, 6.07) is 15.3. The zero-order valence-corrected chi connectivity index (χ0v) is 19.6. The smallest absolute Gasteiger partial charge is 0.408 e. The fourth-order valence-corrected chi connectivity index (χ4v) is 4.71. The summed E-state index contributed by atoms with van der Waals surface area (Å²) >= 11 is 0. The number of aliphatic carboxylic acids is 2. The lowest BCUT2D eigenvalue weighted by Crippen LogP contribution is -2.43. The van der Waals surface area contributed by atoms with Crippen LogP contribution >= 0.6 is 21.6 Å². The number of carboxylic acids is 2. The molecular weight excluding hydrogens is 484 g/mol. The molecular formula is C22H24N2O8S2. The molecule has 0 heterocycles. The van der Waals surface area contributed by atoms with Crippen LogP contribution in [0.15, 0.2) is 60.7 Å².